The highest BCUT2D eigenvalue weighted by Crippen LogP contribution is 2.23. The third kappa shape index (κ3) is 3.56. The molecule has 3 aromatic rings. The summed E-state index contributed by atoms with van der Waals surface area (Å²) in [6.07, 6.45) is 1.63. The lowest BCUT2D eigenvalue weighted by molar-refractivity contribution is 0.0747. The number of aromatic nitrogens is 3. The van der Waals surface area contributed by atoms with E-state index in [9.17, 15) is 4.79 Å². The highest BCUT2D eigenvalue weighted by molar-refractivity contribution is 5.99. The Labute approximate surface area is 158 Å². The summed E-state index contributed by atoms with van der Waals surface area (Å²) in [6, 6.07) is 14.1. The largest absolute Gasteiger partial charge is 0.368 e. The first-order valence-corrected chi connectivity index (χ1v) is 9.20. The third-order valence-corrected chi connectivity index (χ3v) is 4.93. The van der Waals surface area contributed by atoms with E-state index in [0.717, 1.165) is 35.7 Å². The van der Waals surface area contributed by atoms with Crippen molar-refractivity contribution in [3.05, 3.63) is 65.6 Å². The van der Waals surface area contributed by atoms with Crippen molar-refractivity contribution in [3.8, 4) is 11.3 Å². The van der Waals surface area contributed by atoms with Crippen LogP contribution in [0.3, 0.4) is 0 Å². The van der Waals surface area contributed by atoms with Crippen LogP contribution in [0.2, 0.25) is 0 Å². The number of benzene rings is 1. The van der Waals surface area contributed by atoms with Gasteiger partial charge in [0.05, 0.1) is 17.5 Å². The summed E-state index contributed by atoms with van der Waals surface area (Å²) in [7, 11) is 0. The minimum Gasteiger partial charge on any atom is -0.368 e. The maximum atomic E-state index is 13.0. The smallest absolute Gasteiger partial charge is 0.257 e. The quantitative estimate of drug-likeness (QED) is 0.779. The Balaban J connectivity index is 1.48. The van der Waals surface area contributed by atoms with Gasteiger partial charge < -0.3 is 9.80 Å². The second kappa shape index (κ2) is 7.23. The average Bonchev–Trinajstić information content (AvgIpc) is 3.17. The second-order valence-corrected chi connectivity index (χ2v) is 6.91. The summed E-state index contributed by atoms with van der Waals surface area (Å²) < 4.78 is 0. The van der Waals surface area contributed by atoms with Crippen LogP contribution in [0.1, 0.15) is 21.7 Å². The zero-order valence-electron chi connectivity index (χ0n) is 15.6. The molecule has 1 aliphatic heterocycles. The van der Waals surface area contributed by atoms with Crippen LogP contribution in [0.5, 0.6) is 0 Å². The topological polar surface area (TPSA) is 65.1 Å². The predicted molar refractivity (Wildman–Crippen MR) is 106 cm³/mol. The molecule has 6 heteroatoms. The number of aromatic amines is 1. The minimum atomic E-state index is 0.0318. The summed E-state index contributed by atoms with van der Waals surface area (Å²) in [4.78, 5) is 21.7. The molecule has 27 heavy (non-hydrogen) atoms. The van der Waals surface area contributed by atoms with E-state index in [0.29, 0.717) is 18.7 Å². The van der Waals surface area contributed by atoms with E-state index in [1.54, 1.807) is 6.20 Å². The molecule has 2 aromatic heterocycles. The molecule has 3 heterocycles. The van der Waals surface area contributed by atoms with Gasteiger partial charge in [-0.15, -0.1) is 0 Å². The van der Waals surface area contributed by atoms with Crippen LogP contribution in [0.25, 0.3) is 11.3 Å². The highest BCUT2D eigenvalue weighted by atomic mass is 16.2. The highest BCUT2D eigenvalue weighted by Gasteiger charge is 2.25. The molecular weight excluding hydrogens is 338 g/mol. The molecule has 0 saturated carbocycles. The van der Waals surface area contributed by atoms with E-state index in [4.69, 9.17) is 0 Å². The van der Waals surface area contributed by atoms with Crippen LogP contribution in [0, 0.1) is 13.8 Å². The minimum absolute atomic E-state index is 0.0318. The summed E-state index contributed by atoms with van der Waals surface area (Å²) in [6.45, 7) is 7.04. The first-order chi connectivity index (χ1) is 13.1. The van der Waals surface area contributed by atoms with Crippen LogP contribution in [0.4, 0.5) is 5.69 Å². The molecule has 0 atom stereocenters. The van der Waals surface area contributed by atoms with E-state index in [2.05, 4.69) is 32.2 Å². The van der Waals surface area contributed by atoms with Crippen molar-refractivity contribution in [1.29, 1.82) is 0 Å². The SMILES string of the molecule is Cc1cc(N2CCN(C(=O)c3cn[nH]c3-c3ccccc3)CC2)cc(C)n1. The molecule has 1 fully saturated rings. The lowest BCUT2D eigenvalue weighted by Gasteiger charge is -2.36. The Hall–Kier alpha value is -3.15. The van der Waals surface area contributed by atoms with Gasteiger partial charge >= 0.3 is 0 Å². The molecule has 1 aliphatic rings. The van der Waals surface area contributed by atoms with Gasteiger partial charge in [0.25, 0.3) is 5.91 Å². The monoisotopic (exact) mass is 361 g/mol. The number of piperazine rings is 1. The Morgan fingerprint density at radius 3 is 2.33 bits per heavy atom. The van der Waals surface area contributed by atoms with Gasteiger partial charge in [0, 0.05) is 48.8 Å². The average molecular weight is 361 g/mol. The fraction of sp³-hybridized carbons (Fsp3) is 0.286. The fourth-order valence-electron chi connectivity index (χ4n) is 3.61. The second-order valence-electron chi connectivity index (χ2n) is 6.91. The van der Waals surface area contributed by atoms with Crippen molar-refractivity contribution in [2.24, 2.45) is 0 Å². The zero-order chi connectivity index (χ0) is 18.8. The number of nitrogens with zero attached hydrogens (tertiary/aromatic N) is 4. The first-order valence-electron chi connectivity index (χ1n) is 9.20. The molecule has 1 saturated heterocycles. The van der Waals surface area contributed by atoms with Gasteiger partial charge in [-0.2, -0.15) is 5.10 Å². The molecule has 0 aliphatic carbocycles. The van der Waals surface area contributed by atoms with Gasteiger partial charge in [-0.05, 0) is 26.0 Å². The van der Waals surface area contributed by atoms with Crippen LogP contribution < -0.4 is 4.90 Å². The predicted octanol–water partition coefficient (Wildman–Crippen LogP) is 3.05. The fourth-order valence-corrected chi connectivity index (χ4v) is 3.61. The van der Waals surface area contributed by atoms with E-state index in [1.807, 2.05) is 49.1 Å². The van der Waals surface area contributed by atoms with E-state index >= 15 is 0 Å². The molecule has 0 spiro atoms. The van der Waals surface area contributed by atoms with E-state index in [1.165, 1.54) is 5.69 Å². The number of H-pyrrole nitrogens is 1. The van der Waals surface area contributed by atoms with Gasteiger partial charge in [-0.25, -0.2) is 0 Å². The number of anilines is 1. The maximum absolute atomic E-state index is 13.0. The van der Waals surface area contributed by atoms with E-state index in [-0.39, 0.29) is 5.91 Å². The number of carbonyl (C=O) groups excluding carboxylic acids is 1. The Bertz CT molecular complexity index is 922. The molecule has 0 unspecified atom stereocenters. The number of carbonyl (C=O) groups is 1. The zero-order valence-corrected chi connectivity index (χ0v) is 15.6. The third-order valence-electron chi connectivity index (χ3n) is 4.93. The molecule has 4 rings (SSSR count). The normalized spacial score (nSPS) is 14.4. The molecule has 0 bridgehead atoms. The summed E-state index contributed by atoms with van der Waals surface area (Å²) in [5.74, 6) is 0.0318. The molecule has 1 aromatic carbocycles. The number of hydrogen-bond acceptors (Lipinski definition) is 4. The van der Waals surface area contributed by atoms with E-state index < -0.39 is 0 Å². The summed E-state index contributed by atoms with van der Waals surface area (Å²) >= 11 is 0. The van der Waals surface area contributed by atoms with Crippen LogP contribution in [-0.2, 0) is 0 Å². The summed E-state index contributed by atoms with van der Waals surface area (Å²) in [5, 5.41) is 7.08. The molecule has 6 nitrogen and oxygen atoms in total. The Kier molecular flexibility index (Phi) is 4.62. The number of rotatable bonds is 3. The number of aryl methyl sites for hydroxylation is 2. The molecule has 1 amide bonds. The standard InChI is InChI=1S/C21H23N5O/c1-15-12-18(13-16(2)23-15)25-8-10-26(11-9-25)21(27)19-14-22-24-20(19)17-6-4-3-5-7-17/h3-7,12-14H,8-11H2,1-2H3,(H,22,24). The van der Waals surface area contributed by atoms with Crippen LogP contribution in [-0.4, -0.2) is 52.2 Å². The van der Waals surface area contributed by atoms with Gasteiger partial charge in [-0.1, -0.05) is 30.3 Å². The maximum Gasteiger partial charge on any atom is 0.257 e. The van der Waals surface area contributed by atoms with Crippen molar-refractivity contribution >= 4 is 11.6 Å². The molecular formula is C21H23N5O. The number of pyridine rings is 1. The van der Waals surface area contributed by atoms with Crippen LogP contribution >= 0.6 is 0 Å². The number of amides is 1. The Morgan fingerprint density at radius 2 is 1.67 bits per heavy atom. The number of hydrogen-bond donors (Lipinski definition) is 1. The van der Waals surface area contributed by atoms with Crippen molar-refractivity contribution in [2.45, 2.75) is 13.8 Å². The summed E-state index contributed by atoms with van der Waals surface area (Å²) in [5.41, 5.74) is 5.61. The lowest BCUT2D eigenvalue weighted by Crippen LogP contribution is -2.48. The van der Waals surface area contributed by atoms with Crippen molar-refractivity contribution in [1.82, 2.24) is 20.1 Å². The van der Waals surface area contributed by atoms with Gasteiger partial charge in [0.1, 0.15) is 0 Å². The molecule has 0 radical (unpaired) electrons. The van der Waals surface area contributed by atoms with Gasteiger partial charge in [-0.3, -0.25) is 14.9 Å². The van der Waals surface area contributed by atoms with Crippen molar-refractivity contribution < 1.29 is 4.79 Å². The van der Waals surface area contributed by atoms with Crippen molar-refractivity contribution in [3.63, 3.8) is 0 Å². The number of nitrogens with one attached hydrogen (secondary N) is 1. The van der Waals surface area contributed by atoms with Crippen molar-refractivity contribution in [2.75, 3.05) is 31.1 Å². The van der Waals surface area contributed by atoms with Crippen LogP contribution in [0.15, 0.2) is 48.7 Å². The molecule has 138 valence electrons. The van der Waals surface area contributed by atoms with Gasteiger partial charge in [0.2, 0.25) is 0 Å². The first kappa shape index (κ1) is 17.3. The Morgan fingerprint density at radius 1 is 1.00 bits per heavy atom. The van der Waals surface area contributed by atoms with Gasteiger partial charge in [0.15, 0.2) is 0 Å². The molecule has 1 N–H and O–H groups in total. The lowest BCUT2D eigenvalue weighted by atomic mass is 10.1.